The third kappa shape index (κ3) is 5.28. The highest BCUT2D eigenvalue weighted by Gasteiger charge is 2.26. The zero-order valence-electron chi connectivity index (χ0n) is 19.2. The van der Waals surface area contributed by atoms with Gasteiger partial charge < -0.3 is 19.1 Å². The molecule has 0 bridgehead atoms. The lowest BCUT2D eigenvalue weighted by molar-refractivity contribution is 0.0475. The van der Waals surface area contributed by atoms with E-state index >= 15 is 0 Å². The van der Waals surface area contributed by atoms with Gasteiger partial charge in [0.05, 0.1) is 30.4 Å². The second-order valence-electron chi connectivity index (χ2n) is 7.73. The molecule has 1 fully saturated rings. The first-order valence-electron chi connectivity index (χ1n) is 10.4. The van der Waals surface area contributed by atoms with Gasteiger partial charge >= 0.3 is 5.97 Å². The van der Waals surface area contributed by atoms with Gasteiger partial charge in [-0.2, -0.15) is 0 Å². The molecule has 0 unspecified atom stereocenters. The average molecular weight is 477 g/mol. The van der Waals surface area contributed by atoms with Crippen molar-refractivity contribution in [3.05, 3.63) is 47.5 Å². The summed E-state index contributed by atoms with van der Waals surface area (Å²) in [5.74, 6) is -0.335. The Morgan fingerprint density at radius 3 is 2.24 bits per heavy atom. The highest BCUT2D eigenvalue weighted by molar-refractivity contribution is 7.89. The van der Waals surface area contributed by atoms with Gasteiger partial charge in [0.2, 0.25) is 10.0 Å². The Hall–Kier alpha value is -3.11. The molecule has 3 rings (SSSR count). The van der Waals surface area contributed by atoms with Crippen molar-refractivity contribution in [3.8, 4) is 11.5 Å². The smallest absolute Gasteiger partial charge is 0.340 e. The van der Waals surface area contributed by atoms with Crippen molar-refractivity contribution in [2.45, 2.75) is 17.7 Å². The van der Waals surface area contributed by atoms with Crippen LogP contribution >= 0.6 is 0 Å². The maximum atomic E-state index is 13.0. The molecule has 0 saturated carbocycles. The molecular formula is C23H28N2O7S. The summed E-state index contributed by atoms with van der Waals surface area (Å²) in [6, 6.07) is 9.07. The zero-order valence-corrected chi connectivity index (χ0v) is 20.0. The third-order valence-electron chi connectivity index (χ3n) is 5.45. The number of benzene rings is 2. The molecule has 0 aromatic heterocycles. The first-order valence-corrected chi connectivity index (χ1v) is 11.9. The van der Waals surface area contributed by atoms with Crippen LogP contribution in [0.25, 0.3) is 0 Å². The number of anilines is 1. The molecule has 1 heterocycles. The molecule has 0 radical (unpaired) electrons. The molecular weight excluding hydrogens is 448 g/mol. The van der Waals surface area contributed by atoms with Crippen LogP contribution in [0.15, 0.2) is 41.3 Å². The number of carbonyl (C=O) groups excluding carboxylic acids is 2. The standard InChI is InChI=1S/C23H28N2O7S/c1-24(2)33(28,29)17-8-9-19(25-11-5-6-12-25)18(14-17)23(27)32-15-20(26)16-7-10-21(30-3)22(13-16)31-4/h7-10,13-14H,5-6,11-12,15H2,1-4H3. The Morgan fingerprint density at radius 2 is 1.64 bits per heavy atom. The molecule has 10 heteroatoms. The topological polar surface area (TPSA) is 102 Å². The van der Waals surface area contributed by atoms with Crippen LogP contribution in [0, 0.1) is 0 Å². The molecule has 0 spiro atoms. The van der Waals surface area contributed by atoms with Crippen molar-refractivity contribution < 1.29 is 32.2 Å². The number of ether oxygens (including phenoxy) is 3. The summed E-state index contributed by atoms with van der Waals surface area (Å²) >= 11 is 0. The van der Waals surface area contributed by atoms with E-state index in [-0.39, 0.29) is 10.5 Å². The number of Topliss-reactive ketones (excluding diaryl/α,β-unsaturated/α-hetero) is 1. The van der Waals surface area contributed by atoms with E-state index in [0.717, 1.165) is 30.2 Å². The largest absolute Gasteiger partial charge is 0.493 e. The van der Waals surface area contributed by atoms with Crippen LogP contribution in [0.3, 0.4) is 0 Å². The van der Waals surface area contributed by atoms with Gasteiger partial charge in [-0.05, 0) is 49.2 Å². The monoisotopic (exact) mass is 476 g/mol. The summed E-state index contributed by atoms with van der Waals surface area (Å²) in [7, 11) is 2.04. The number of carbonyl (C=O) groups is 2. The van der Waals surface area contributed by atoms with E-state index in [1.165, 1.54) is 46.5 Å². The number of hydrogen-bond acceptors (Lipinski definition) is 8. The zero-order chi connectivity index (χ0) is 24.2. The average Bonchev–Trinajstić information content (AvgIpc) is 3.36. The van der Waals surface area contributed by atoms with Crippen molar-refractivity contribution >= 4 is 27.5 Å². The molecule has 1 saturated heterocycles. The van der Waals surface area contributed by atoms with Gasteiger partial charge in [-0.1, -0.05) is 0 Å². The summed E-state index contributed by atoms with van der Waals surface area (Å²) < 4.78 is 41.9. The van der Waals surface area contributed by atoms with Crippen LogP contribution in [-0.2, 0) is 14.8 Å². The predicted molar refractivity (Wildman–Crippen MR) is 123 cm³/mol. The SMILES string of the molecule is COc1ccc(C(=O)COC(=O)c2cc(S(=O)(=O)N(C)C)ccc2N2CCCC2)cc1OC. The van der Waals surface area contributed by atoms with E-state index in [1.54, 1.807) is 18.2 Å². The van der Waals surface area contributed by atoms with Crippen LogP contribution in [-0.4, -0.2) is 72.5 Å². The van der Waals surface area contributed by atoms with Crippen LogP contribution in [0.4, 0.5) is 5.69 Å². The molecule has 0 amide bonds. The Bertz CT molecular complexity index is 1140. The van der Waals surface area contributed by atoms with Crippen molar-refractivity contribution in [2.24, 2.45) is 0 Å². The highest BCUT2D eigenvalue weighted by atomic mass is 32.2. The van der Waals surface area contributed by atoms with E-state index in [0.29, 0.717) is 22.7 Å². The summed E-state index contributed by atoms with van der Waals surface area (Å²) in [4.78, 5) is 27.6. The molecule has 33 heavy (non-hydrogen) atoms. The molecule has 178 valence electrons. The molecule has 0 atom stereocenters. The number of nitrogens with zero attached hydrogens (tertiary/aromatic N) is 2. The maximum absolute atomic E-state index is 13.0. The molecule has 0 aliphatic carbocycles. The lowest BCUT2D eigenvalue weighted by Crippen LogP contribution is -2.25. The third-order valence-corrected chi connectivity index (χ3v) is 7.26. The molecule has 2 aromatic rings. The maximum Gasteiger partial charge on any atom is 0.340 e. The van der Waals surface area contributed by atoms with Crippen LogP contribution in [0.1, 0.15) is 33.6 Å². The number of ketones is 1. The molecule has 9 nitrogen and oxygen atoms in total. The fourth-order valence-electron chi connectivity index (χ4n) is 3.59. The summed E-state index contributed by atoms with van der Waals surface area (Å²) in [6.45, 7) is 1.01. The van der Waals surface area contributed by atoms with E-state index in [9.17, 15) is 18.0 Å². The second-order valence-corrected chi connectivity index (χ2v) is 9.88. The minimum absolute atomic E-state index is 0.0198. The van der Waals surface area contributed by atoms with E-state index < -0.39 is 28.4 Å². The Balaban J connectivity index is 1.85. The molecule has 0 N–H and O–H groups in total. The van der Waals surface area contributed by atoms with Gasteiger partial charge in [-0.15, -0.1) is 0 Å². The quantitative estimate of drug-likeness (QED) is 0.402. The van der Waals surface area contributed by atoms with Crippen LogP contribution in [0.5, 0.6) is 11.5 Å². The molecule has 1 aliphatic rings. The Labute approximate surface area is 193 Å². The van der Waals surface area contributed by atoms with Gasteiger partial charge in [0.1, 0.15) is 0 Å². The normalized spacial score (nSPS) is 13.8. The Kier molecular flexibility index (Phi) is 7.60. The number of rotatable bonds is 9. The van der Waals surface area contributed by atoms with E-state index in [1.807, 2.05) is 4.90 Å². The van der Waals surface area contributed by atoms with Crippen LogP contribution < -0.4 is 14.4 Å². The van der Waals surface area contributed by atoms with Gasteiger partial charge in [-0.3, -0.25) is 4.79 Å². The number of esters is 1. The summed E-state index contributed by atoms with van der Waals surface area (Å²) in [6.07, 6.45) is 1.95. The highest BCUT2D eigenvalue weighted by Crippen LogP contribution is 2.30. The van der Waals surface area contributed by atoms with Crippen LogP contribution in [0.2, 0.25) is 0 Å². The fraction of sp³-hybridized carbons (Fsp3) is 0.391. The summed E-state index contributed by atoms with van der Waals surface area (Å²) in [5.41, 5.74) is 0.998. The van der Waals surface area contributed by atoms with Crippen molar-refractivity contribution in [3.63, 3.8) is 0 Å². The van der Waals surface area contributed by atoms with Gasteiger partial charge in [0, 0.05) is 32.7 Å². The first-order chi connectivity index (χ1) is 15.7. The van der Waals surface area contributed by atoms with Gasteiger partial charge in [0.15, 0.2) is 23.9 Å². The second kappa shape index (κ2) is 10.2. The Morgan fingerprint density at radius 1 is 0.970 bits per heavy atom. The number of sulfonamides is 1. The fourth-order valence-corrected chi connectivity index (χ4v) is 4.51. The summed E-state index contributed by atoms with van der Waals surface area (Å²) in [5, 5.41) is 0. The van der Waals surface area contributed by atoms with Crippen molar-refractivity contribution in [2.75, 3.05) is 52.9 Å². The van der Waals surface area contributed by atoms with Gasteiger partial charge in [0.25, 0.3) is 0 Å². The van der Waals surface area contributed by atoms with E-state index in [2.05, 4.69) is 0 Å². The van der Waals surface area contributed by atoms with Crippen molar-refractivity contribution in [1.29, 1.82) is 0 Å². The minimum Gasteiger partial charge on any atom is -0.493 e. The molecule has 1 aliphatic heterocycles. The first kappa shape index (κ1) is 24.5. The number of methoxy groups -OCH3 is 2. The number of hydrogen-bond donors (Lipinski definition) is 0. The van der Waals surface area contributed by atoms with E-state index in [4.69, 9.17) is 14.2 Å². The molecule has 2 aromatic carbocycles. The van der Waals surface area contributed by atoms with Crippen molar-refractivity contribution in [1.82, 2.24) is 4.31 Å². The lowest BCUT2D eigenvalue weighted by atomic mass is 10.1. The van der Waals surface area contributed by atoms with Gasteiger partial charge in [-0.25, -0.2) is 17.5 Å². The minimum atomic E-state index is -3.75. The lowest BCUT2D eigenvalue weighted by Gasteiger charge is -2.22. The predicted octanol–water partition coefficient (Wildman–Crippen LogP) is 2.59.